The van der Waals surface area contributed by atoms with E-state index in [2.05, 4.69) is 24.5 Å². The first-order valence-electron chi connectivity index (χ1n) is 14.1. The van der Waals surface area contributed by atoms with Crippen molar-refractivity contribution in [1.82, 2.24) is 15.5 Å². The summed E-state index contributed by atoms with van der Waals surface area (Å²) in [6.45, 7) is 6.68. The molecule has 0 spiro atoms. The molecule has 3 atom stereocenters. The molecule has 0 unspecified atom stereocenters. The van der Waals surface area contributed by atoms with E-state index >= 15 is 4.39 Å². The van der Waals surface area contributed by atoms with E-state index in [0.717, 1.165) is 37.7 Å². The van der Waals surface area contributed by atoms with E-state index < -0.39 is 5.60 Å². The number of amides is 2. The Labute approximate surface area is 228 Å². The van der Waals surface area contributed by atoms with Crippen molar-refractivity contribution in [1.29, 1.82) is 0 Å². The number of carbonyl (C=O) groups excluding carboxylic acids is 1. The lowest BCUT2D eigenvalue weighted by Crippen LogP contribution is -2.54. The molecule has 0 radical (unpaired) electrons. The average molecular weight is 528 g/mol. The molecule has 6 nitrogen and oxygen atoms in total. The van der Waals surface area contributed by atoms with Crippen LogP contribution in [0.5, 0.6) is 0 Å². The van der Waals surface area contributed by atoms with Gasteiger partial charge in [0.15, 0.2) is 0 Å². The number of likely N-dealkylation sites (N-methyl/N-ethyl adjacent to an activating group) is 1. The quantitative estimate of drug-likeness (QED) is 0.299. The van der Waals surface area contributed by atoms with Gasteiger partial charge in [-0.3, -0.25) is 0 Å². The predicted molar refractivity (Wildman–Crippen MR) is 151 cm³/mol. The minimum Gasteiger partial charge on any atom is -0.385 e. The maximum Gasteiger partial charge on any atom is 0.317 e. The predicted octanol–water partition coefficient (Wildman–Crippen LogP) is 5.55. The molecule has 7 heteroatoms. The number of ether oxygens (including phenoxy) is 1. The standard InChI is InChI=1S/C31H46FN3O3/c1-23(2)20-26(21-33-3)34-30(36)35-18-11-14-25(22-35)31(37,17-8-9-19-38-4)27-15-10-16-28(32)29(27)24-12-6-5-7-13-24/h5-7,10,12-13,15-16,23,25-26,33,37H,8-9,11,14,17-22H2,1-4H3,(H,34,36)/t25-,26+,31+/m1/s1. The Morgan fingerprint density at radius 2 is 1.95 bits per heavy atom. The molecular formula is C31H46FN3O3. The van der Waals surface area contributed by atoms with Gasteiger partial charge in [0.05, 0.1) is 5.60 Å². The van der Waals surface area contributed by atoms with Crippen LogP contribution in [0.1, 0.15) is 57.9 Å². The van der Waals surface area contributed by atoms with Crippen molar-refractivity contribution < 1.29 is 19.0 Å². The second-order valence-electron chi connectivity index (χ2n) is 11.0. The molecule has 0 saturated carbocycles. The fourth-order valence-corrected chi connectivity index (χ4v) is 5.81. The molecule has 38 heavy (non-hydrogen) atoms. The van der Waals surface area contributed by atoms with E-state index in [1.807, 2.05) is 48.3 Å². The maximum absolute atomic E-state index is 15.4. The van der Waals surface area contributed by atoms with Crippen LogP contribution in [0, 0.1) is 17.7 Å². The Bertz CT molecular complexity index is 1000. The molecule has 1 aliphatic rings. The molecule has 3 N–H and O–H groups in total. The smallest absolute Gasteiger partial charge is 0.317 e. The summed E-state index contributed by atoms with van der Waals surface area (Å²) >= 11 is 0. The van der Waals surface area contributed by atoms with Gasteiger partial charge in [-0.2, -0.15) is 0 Å². The highest BCUT2D eigenvalue weighted by atomic mass is 19.1. The summed E-state index contributed by atoms with van der Waals surface area (Å²) in [5.74, 6) is -0.107. The van der Waals surface area contributed by atoms with Crippen molar-refractivity contribution in [3.8, 4) is 11.1 Å². The summed E-state index contributed by atoms with van der Waals surface area (Å²) in [5, 5.41) is 18.9. The molecule has 3 rings (SSSR count). The third-order valence-corrected chi connectivity index (χ3v) is 7.62. The SMILES string of the molecule is CNC[C@H](CC(C)C)NC(=O)N1CCC[C@@H]([C@@](O)(CCCCOC)c2cccc(F)c2-c2ccccc2)C1. The zero-order valence-corrected chi connectivity index (χ0v) is 23.5. The first kappa shape index (κ1) is 30.1. The van der Waals surface area contributed by atoms with Gasteiger partial charge in [0.1, 0.15) is 5.82 Å². The summed E-state index contributed by atoms with van der Waals surface area (Å²) in [4.78, 5) is 15.2. The number of hydrogen-bond donors (Lipinski definition) is 3. The van der Waals surface area contributed by atoms with E-state index in [-0.39, 0.29) is 23.8 Å². The van der Waals surface area contributed by atoms with Crippen molar-refractivity contribution in [3.05, 3.63) is 59.9 Å². The van der Waals surface area contributed by atoms with Crippen LogP contribution in [-0.4, -0.2) is 62.5 Å². The number of hydrogen-bond acceptors (Lipinski definition) is 4. The molecule has 1 saturated heterocycles. The van der Waals surface area contributed by atoms with Gasteiger partial charge < -0.3 is 25.4 Å². The summed E-state index contributed by atoms with van der Waals surface area (Å²) in [5.41, 5.74) is 0.489. The van der Waals surface area contributed by atoms with Crippen LogP contribution in [0.25, 0.3) is 11.1 Å². The number of nitrogens with zero attached hydrogens (tertiary/aromatic N) is 1. The number of rotatable bonds is 13. The Morgan fingerprint density at radius 3 is 2.63 bits per heavy atom. The van der Waals surface area contributed by atoms with Crippen molar-refractivity contribution in [2.24, 2.45) is 11.8 Å². The number of urea groups is 1. The molecular weight excluding hydrogens is 481 g/mol. The van der Waals surface area contributed by atoms with Crippen molar-refractivity contribution in [3.63, 3.8) is 0 Å². The van der Waals surface area contributed by atoms with E-state index in [0.29, 0.717) is 49.7 Å². The normalized spacial score (nSPS) is 18.3. The fraction of sp³-hybridized carbons (Fsp3) is 0.581. The van der Waals surface area contributed by atoms with Crippen LogP contribution < -0.4 is 10.6 Å². The van der Waals surface area contributed by atoms with Crippen molar-refractivity contribution in [2.75, 3.05) is 40.4 Å². The third kappa shape index (κ3) is 7.78. The number of benzene rings is 2. The number of carbonyl (C=O) groups is 1. The largest absolute Gasteiger partial charge is 0.385 e. The van der Waals surface area contributed by atoms with Gasteiger partial charge >= 0.3 is 6.03 Å². The number of piperidine rings is 1. The lowest BCUT2D eigenvalue weighted by atomic mass is 9.72. The molecule has 0 bridgehead atoms. The zero-order valence-electron chi connectivity index (χ0n) is 23.5. The second-order valence-corrected chi connectivity index (χ2v) is 11.0. The molecule has 0 aromatic heterocycles. The number of aliphatic hydroxyl groups is 1. The van der Waals surface area contributed by atoms with E-state index in [1.165, 1.54) is 6.07 Å². The van der Waals surface area contributed by atoms with Crippen LogP contribution in [0.3, 0.4) is 0 Å². The fourth-order valence-electron chi connectivity index (χ4n) is 5.81. The Morgan fingerprint density at radius 1 is 1.18 bits per heavy atom. The lowest BCUT2D eigenvalue weighted by molar-refractivity contribution is -0.0561. The van der Waals surface area contributed by atoms with Gasteiger partial charge in [0.25, 0.3) is 0 Å². The molecule has 1 aliphatic heterocycles. The zero-order chi connectivity index (χ0) is 27.5. The van der Waals surface area contributed by atoms with E-state index in [1.54, 1.807) is 13.2 Å². The van der Waals surface area contributed by atoms with E-state index in [9.17, 15) is 9.90 Å². The third-order valence-electron chi connectivity index (χ3n) is 7.62. The number of halogens is 1. The summed E-state index contributed by atoms with van der Waals surface area (Å²) in [6.07, 6.45) is 4.44. The highest BCUT2D eigenvalue weighted by Gasteiger charge is 2.43. The summed E-state index contributed by atoms with van der Waals surface area (Å²) in [7, 11) is 3.56. The molecule has 0 aliphatic carbocycles. The number of unbranched alkanes of at least 4 members (excludes halogenated alkanes) is 1. The highest BCUT2D eigenvalue weighted by Crippen LogP contribution is 2.44. The number of nitrogens with one attached hydrogen (secondary N) is 2. The van der Waals surface area contributed by atoms with Crippen molar-refractivity contribution in [2.45, 2.75) is 64.0 Å². The van der Waals surface area contributed by atoms with Crippen LogP contribution in [0.4, 0.5) is 9.18 Å². The minimum atomic E-state index is -1.29. The Balaban J connectivity index is 1.92. The Kier molecular flexibility index (Phi) is 11.6. The first-order valence-corrected chi connectivity index (χ1v) is 14.1. The molecule has 210 valence electrons. The molecule has 2 aromatic rings. The molecule has 1 fully saturated rings. The number of methoxy groups -OCH3 is 1. The summed E-state index contributed by atoms with van der Waals surface area (Å²) < 4.78 is 20.6. The van der Waals surface area contributed by atoms with Crippen LogP contribution in [0.15, 0.2) is 48.5 Å². The van der Waals surface area contributed by atoms with E-state index in [4.69, 9.17) is 4.74 Å². The highest BCUT2D eigenvalue weighted by molar-refractivity contribution is 5.75. The van der Waals surface area contributed by atoms with Crippen LogP contribution >= 0.6 is 0 Å². The Hall–Kier alpha value is -2.48. The molecule has 2 amide bonds. The topological polar surface area (TPSA) is 73.8 Å². The number of likely N-dealkylation sites (tertiary alicyclic amines) is 1. The second kappa shape index (κ2) is 14.6. The van der Waals surface area contributed by atoms with Gasteiger partial charge in [0.2, 0.25) is 0 Å². The van der Waals surface area contributed by atoms with Gasteiger partial charge in [0, 0.05) is 50.9 Å². The van der Waals surface area contributed by atoms with Crippen molar-refractivity contribution >= 4 is 6.03 Å². The average Bonchev–Trinajstić information content (AvgIpc) is 2.91. The monoisotopic (exact) mass is 527 g/mol. The first-order chi connectivity index (χ1) is 18.3. The lowest BCUT2D eigenvalue weighted by Gasteiger charge is -2.44. The maximum atomic E-state index is 15.4. The molecule has 2 aromatic carbocycles. The minimum absolute atomic E-state index is 0.0358. The molecule has 1 heterocycles. The van der Waals surface area contributed by atoms with Crippen LogP contribution in [-0.2, 0) is 10.3 Å². The van der Waals surface area contributed by atoms with Crippen LogP contribution in [0.2, 0.25) is 0 Å². The van der Waals surface area contributed by atoms with Gasteiger partial charge in [-0.15, -0.1) is 0 Å². The summed E-state index contributed by atoms with van der Waals surface area (Å²) in [6, 6.07) is 14.4. The van der Waals surface area contributed by atoms with Gasteiger partial charge in [-0.1, -0.05) is 56.3 Å². The van der Waals surface area contributed by atoms with Gasteiger partial charge in [-0.25, -0.2) is 9.18 Å². The van der Waals surface area contributed by atoms with Gasteiger partial charge in [-0.05, 0) is 68.7 Å².